The topological polar surface area (TPSA) is 20.3 Å². The van der Waals surface area contributed by atoms with E-state index in [1.54, 1.807) is 0 Å². The van der Waals surface area contributed by atoms with Gasteiger partial charge in [-0.3, -0.25) is 9.69 Å². The summed E-state index contributed by atoms with van der Waals surface area (Å²) in [4.78, 5) is 14.3. The van der Waals surface area contributed by atoms with Crippen molar-refractivity contribution in [3.8, 4) is 0 Å². The summed E-state index contributed by atoms with van der Waals surface area (Å²) in [6.45, 7) is 5.43. The SMILES string of the molecule is CCCC(C)CC(=O)C1CSCCN1C. The number of hydrogen-bond acceptors (Lipinski definition) is 3. The number of carbonyl (C=O) groups is 1. The van der Waals surface area contributed by atoms with Crippen molar-refractivity contribution in [1.29, 1.82) is 0 Å². The van der Waals surface area contributed by atoms with Gasteiger partial charge in [0.1, 0.15) is 0 Å². The average molecular weight is 229 g/mol. The van der Waals surface area contributed by atoms with E-state index in [1.165, 1.54) is 18.6 Å². The van der Waals surface area contributed by atoms with E-state index in [0.717, 1.165) is 18.7 Å². The van der Waals surface area contributed by atoms with E-state index in [0.29, 0.717) is 11.7 Å². The molecule has 0 radical (unpaired) electrons. The molecule has 0 aliphatic carbocycles. The van der Waals surface area contributed by atoms with Crippen LogP contribution in [0.3, 0.4) is 0 Å². The Morgan fingerprint density at radius 1 is 1.60 bits per heavy atom. The second-order valence-corrected chi connectivity index (χ2v) is 5.79. The fourth-order valence-corrected chi connectivity index (χ4v) is 3.35. The fraction of sp³-hybridized carbons (Fsp3) is 0.917. The van der Waals surface area contributed by atoms with E-state index in [-0.39, 0.29) is 6.04 Å². The van der Waals surface area contributed by atoms with Crippen molar-refractivity contribution in [3.63, 3.8) is 0 Å². The number of nitrogens with zero attached hydrogens (tertiary/aromatic N) is 1. The van der Waals surface area contributed by atoms with Crippen LogP contribution >= 0.6 is 11.8 Å². The number of carbonyl (C=O) groups excluding carboxylic acids is 1. The average Bonchev–Trinajstić information content (AvgIpc) is 2.18. The lowest BCUT2D eigenvalue weighted by Crippen LogP contribution is -2.45. The van der Waals surface area contributed by atoms with Gasteiger partial charge in [0.15, 0.2) is 5.78 Å². The minimum Gasteiger partial charge on any atom is -0.298 e. The highest BCUT2D eigenvalue weighted by Gasteiger charge is 2.26. The lowest BCUT2D eigenvalue weighted by molar-refractivity contribution is -0.124. The molecule has 0 bridgehead atoms. The predicted molar refractivity (Wildman–Crippen MR) is 67.4 cm³/mol. The Labute approximate surface area is 97.8 Å². The lowest BCUT2D eigenvalue weighted by Gasteiger charge is -2.31. The maximum absolute atomic E-state index is 12.0. The highest BCUT2D eigenvalue weighted by Crippen LogP contribution is 2.19. The Kier molecular flexibility index (Phi) is 5.69. The van der Waals surface area contributed by atoms with Crippen LogP contribution in [0.2, 0.25) is 0 Å². The summed E-state index contributed by atoms with van der Waals surface area (Å²) in [7, 11) is 2.08. The van der Waals surface area contributed by atoms with E-state index in [9.17, 15) is 4.79 Å². The minimum absolute atomic E-state index is 0.183. The maximum Gasteiger partial charge on any atom is 0.151 e. The summed E-state index contributed by atoms with van der Waals surface area (Å²) in [5, 5.41) is 0. The first-order valence-corrected chi connectivity index (χ1v) is 7.11. The molecule has 15 heavy (non-hydrogen) atoms. The minimum atomic E-state index is 0.183. The summed E-state index contributed by atoms with van der Waals surface area (Å²) in [5.74, 6) is 3.17. The van der Waals surface area contributed by atoms with Gasteiger partial charge in [0.25, 0.3) is 0 Å². The second-order valence-electron chi connectivity index (χ2n) is 4.64. The Balaban J connectivity index is 2.37. The molecule has 0 saturated carbocycles. The van der Waals surface area contributed by atoms with Gasteiger partial charge in [-0.05, 0) is 13.0 Å². The third-order valence-electron chi connectivity index (χ3n) is 3.10. The van der Waals surface area contributed by atoms with Gasteiger partial charge in [-0.15, -0.1) is 0 Å². The molecule has 0 aromatic rings. The largest absolute Gasteiger partial charge is 0.298 e. The molecular formula is C12H23NOS. The van der Waals surface area contributed by atoms with E-state index < -0.39 is 0 Å². The molecular weight excluding hydrogens is 206 g/mol. The van der Waals surface area contributed by atoms with Gasteiger partial charge in [0, 0.05) is 24.5 Å². The van der Waals surface area contributed by atoms with E-state index >= 15 is 0 Å². The van der Waals surface area contributed by atoms with E-state index in [2.05, 4.69) is 25.8 Å². The lowest BCUT2D eigenvalue weighted by atomic mass is 9.96. The normalized spacial score (nSPS) is 25.1. The first kappa shape index (κ1) is 13.0. The van der Waals surface area contributed by atoms with Gasteiger partial charge in [0.05, 0.1) is 6.04 Å². The summed E-state index contributed by atoms with van der Waals surface area (Å²) in [6.07, 6.45) is 3.13. The molecule has 1 rings (SSSR count). The van der Waals surface area contributed by atoms with Gasteiger partial charge < -0.3 is 0 Å². The summed E-state index contributed by atoms with van der Waals surface area (Å²) < 4.78 is 0. The fourth-order valence-electron chi connectivity index (χ4n) is 2.10. The van der Waals surface area contributed by atoms with Crippen molar-refractivity contribution in [2.24, 2.45) is 5.92 Å². The van der Waals surface area contributed by atoms with E-state index in [1.807, 2.05) is 11.8 Å². The molecule has 88 valence electrons. The van der Waals surface area contributed by atoms with Crippen molar-refractivity contribution < 1.29 is 4.79 Å². The Morgan fingerprint density at radius 2 is 2.33 bits per heavy atom. The molecule has 1 saturated heterocycles. The van der Waals surface area contributed by atoms with Crippen LogP contribution in [-0.4, -0.2) is 41.8 Å². The van der Waals surface area contributed by atoms with Crippen molar-refractivity contribution in [1.82, 2.24) is 4.90 Å². The number of likely N-dealkylation sites (N-methyl/N-ethyl adjacent to an activating group) is 1. The molecule has 1 aliphatic heterocycles. The molecule has 1 heterocycles. The van der Waals surface area contributed by atoms with Gasteiger partial charge in [-0.1, -0.05) is 26.7 Å². The van der Waals surface area contributed by atoms with Crippen LogP contribution in [0.4, 0.5) is 0 Å². The quantitative estimate of drug-likeness (QED) is 0.722. The molecule has 0 aromatic heterocycles. The van der Waals surface area contributed by atoms with Gasteiger partial charge in [-0.2, -0.15) is 11.8 Å². The van der Waals surface area contributed by atoms with Gasteiger partial charge >= 0.3 is 0 Å². The van der Waals surface area contributed by atoms with Crippen LogP contribution < -0.4 is 0 Å². The van der Waals surface area contributed by atoms with E-state index in [4.69, 9.17) is 0 Å². The van der Waals surface area contributed by atoms with Gasteiger partial charge in [0.2, 0.25) is 0 Å². The Bertz CT molecular complexity index is 208. The number of hydrogen-bond donors (Lipinski definition) is 0. The molecule has 1 fully saturated rings. The smallest absolute Gasteiger partial charge is 0.151 e. The molecule has 1 aliphatic rings. The molecule has 0 spiro atoms. The van der Waals surface area contributed by atoms with Crippen LogP contribution in [0.25, 0.3) is 0 Å². The monoisotopic (exact) mass is 229 g/mol. The third kappa shape index (κ3) is 4.15. The van der Waals surface area contributed by atoms with Crippen LogP contribution in [0.1, 0.15) is 33.1 Å². The van der Waals surface area contributed by atoms with Crippen molar-refractivity contribution >= 4 is 17.5 Å². The zero-order valence-electron chi connectivity index (χ0n) is 10.2. The first-order valence-electron chi connectivity index (χ1n) is 5.95. The maximum atomic E-state index is 12.0. The third-order valence-corrected chi connectivity index (χ3v) is 4.12. The van der Waals surface area contributed by atoms with Crippen molar-refractivity contribution in [2.75, 3.05) is 25.1 Å². The number of rotatable bonds is 5. The predicted octanol–water partition coefficient (Wildman–Crippen LogP) is 2.43. The van der Waals surface area contributed by atoms with Crippen LogP contribution in [0, 0.1) is 5.92 Å². The van der Waals surface area contributed by atoms with Crippen LogP contribution in [0.15, 0.2) is 0 Å². The molecule has 2 nitrogen and oxygen atoms in total. The summed E-state index contributed by atoms with van der Waals surface area (Å²) in [5.41, 5.74) is 0. The molecule has 0 aromatic carbocycles. The molecule has 3 heteroatoms. The standard InChI is InChI=1S/C12H23NOS/c1-4-5-10(2)8-12(14)11-9-15-7-6-13(11)3/h10-11H,4-9H2,1-3H3. The zero-order valence-corrected chi connectivity index (χ0v) is 11.0. The molecule has 0 amide bonds. The number of Topliss-reactive ketones (excluding diaryl/α,β-unsaturated/α-hetero) is 1. The number of thioether (sulfide) groups is 1. The van der Waals surface area contributed by atoms with Crippen LogP contribution in [-0.2, 0) is 4.79 Å². The Hall–Kier alpha value is -0.0200. The van der Waals surface area contributed by atoms with Gasteiger partial charge in [-0.25, -0.2) is 0 Å². The highest BCUT2D eigenvalue weighted by molar-refractivity contribution is 7.99. The number of ketones is 1. The zero-order chi connectivity index (χ0) is 11.3. The van der Waals surface area contributed by atoms with Crippen molar-refractivity contribution in [2.45, 2.75) is 39.2 Å². The summed E-state index contributed by atoms with van der Waals surface area (Å²) >= 11 is 1.91. The molecule has 0 N–H and O–H groups in total. The highest BCUT2D eigenvalue weighted by atomic mass is 32.2. The van der Waals surface area contributed by atoms with Crippen molar-refractivity contribution in [3.05, 3.63) is 0 Å². The molecule has 2 atom stereocenters. The first-order chi connectivity index (χ1) is 7.15. The van der Waals surface area contributed by atoms with Crippen LogP contribution in [0.5, 0.6) is 0 Å². The molecule has 2 unspecified atom stereocenters. The second kappa shape index (κ2) is 6.54. The summed E-state index contributed by atoms with van der Waals surface area (Å²) in [6, 6.07) is 0.183. The Morgan fingerprint density at radius 3 is 2.93 bits per heavy atom.